The lowest BCUT2D eigenvalue weighted by molar-refractivity contribution is -0.153. The van der Waals surface area contributed by atoms with Crippen LogP contribution in [0.1, 0.15) is 40.4 Å². The van der Waals surface area contributed by atoms with E-state index < -0.39 is 24.7 Å². The zero-order valence-corrected chi connectivity index (χ0v) is 19.1. The molecule has 0 bridgehead atoms. The number of esters is 1. The minimum Gasteiger partial charge on any atom is -0.497 e. The van der Waals surface area contributed by atoms with Gasteiger partial charge in [-0.1, -0.05) is 6.92 Å². The fourth-order valence-electron chi connectivity index (χ4n) is 3.39. The molecule has 0 radical (unpaired) electrons. The summed E-state index contributed by atoms with van der Waals surface area (Å²) < 4.78 is 55.2. The molecule has 34 heavy (non-hydrogen) atoms. The number of aryl methyl sites for hydroxylation is 2. The predicted octanol–water partition coefficient (Wildman–Crippen LogP) is 4.51. The molecule has 0 aliphatic rings. The van der Waals surface area contributed by atoms with E-state index in [-0.39, 0.29) is 34.8 Å². The van der Waals surface area contributed by atoms with E-state index in [2.05, 4.69) is 10.3 Å². The highest BCUT2D eigenvalue weighted by molar-refractivity contribution is 6.07. The average Bonchev–Trinajstić information content (AvgIpc) is 3.07. The van der Waals surface area contributed by atoms with Gasteiger partial charge in [0.2, 0.25) is 0 Å². The van der Waals surface area contributed by atoms with Gasteiger partial charge in [-0.25, -0.2) is 9.78 Å². The summed E-state index contributed by atoms with van der Waals surface area (Å²) in [6, 6.07) is 7.86. The highest BCUT2D eigenvalue weighted by atomic mass is 19.4. The van der Waals surface area contributed by atoms with Crippen LogP contribution in [-0.2, 0) is 18.2 Å². The van der Waals surface area contributed by atoms with E-state index in [0.29, 0.717) is 23.4 Å². The van der Waals surface area contributed by atoms with Crippen molar-refractivity contribution < 1.29 is 37.0 Å². The monoisotopic (exact) mass is 479 g/mol. The van der Waals surface area contributed by atoms with Gasteiger partial charge in [-0.3, -0.25) is 4.79 Å². The number of halogens is 3. The molecule has 0 spiro atoms. The number of rotatable bonds is 8. The Morgan fingerprint density at radius 2 is 1.82 bits per heavy atom. The molecule has 11 heteroatoms. The number of anilines is 1. The topological polar surface area (TPSA) is 91.7 Å². The fourth-order valence-corrected chi connectivity index (χ4v) is 3.39. The van der Waals surface area contributed by atoms with Crippen molar-refractivity contribution in [2.45, 2.75) is 26.4 Å². The Bertz CT molecular complexity index is 1200. The Hall–Kier alpha value is -3.76. The molecule has 2 aromatic heterocycles. The van der Waals surface area contributed by atoms with Crippen molar-refractivity contribution in [1.29, 1.82) is 0 Å². The molecular weight excluding hydrogens is 455 g/mol. The van der Waals surface area contributed by atoms with Crippen LogP contribution in [0, 0.1) is 0 Å². The third kappa shape index (κ3) is 5.24. The first-order valence-electron chi connectivity index (χ1n) is 10.4. The number of pyridine rings is 1. The number of amides is 1. The molecule has 0 atom stereocenters. The molecule has 1 N–H and O–H groups in total. The van der Waals surface area contributed by atoms with Crippen LogP contribution in [0.3, 0.4) is 0 Å². The molecule has 0 unspecified atom stereocenters. The maximum Gasteiger partial charge on any atom is 0.422 e. The summed E-state index contributed by atoms with van der Waals surface area (Å²) in [5.74, 6) is -1.03. The number of hydrogen-bond acceptors (Lipinski definition) is 6. The second kappa shape index (κ2) is 10.0. The Morgan fingerprint density at radius 3 is 2.38 bits per heavy atom. The molecule has 182 valence electrons. The number of benzene rings is 1. The highest BCUT2D eigenvalue weighted by Gasteiger charge is 2.32. The number of methoxy groups -OCH3 is 1. The smallest absolute Gasteiger partial charge is 0.422 e. The van der Waals surface area contributed by atoms with Crippen molar-refractivity contribution in [2.24, 2.45) is 7.05 Å². The SMILES string of the molecule is CCOC(=O)c1c(OCC(F)(F)F)c2cc(NC(=O)c3ccc(OC)cc3)c(CC)nc2n1C. The largest absolute Gasteiger partial charge is 0.497 e. The van der Waals surface area contributed by atoms with Gasteiger partial charge in [0.15, 0.2) is 18.1 Å². The van der Waals surface area contributed by atoms with E-state index in [1.807, 2.05) is 6.92 Å². The lowest BCUT2D eigenvalue weighted by Crippen LogP contribution is -2.20. The van der Waals surface area contributed by atoms with Crippen LogP contribution in [0.4, 0.5) is 18.9 Å². The molecule has 0 saturated heterocycles. The third-order valence-corrected chi connectivity index (χ3v) is 4.98. The first kappa shape index (κ1) is 24.9. The number of ether oxygens (including phenoxy) is 3. The van der Waals surface area contributed by atoms with E-state index in [0.717, 1.165) is 0 Å². The summed E-state index contributed by atoms with van der Waals surface area (Å²) in [4.78, 5) is 29.8. The number of aromatic nitrogens is 2. The van der Waals surface area contributed by atoms with Gasteiger partial charge in [-0.2, -0.15) is 13.2 Å². The third-order valence-electron chi connectivity index (χ3n) is 4.98. The first-order chi connectivity index (χ1) is 16.1. The normalized spacial score (nSPS) is 11.4. The van der Waals surface area contributed by atoms with E-state index >= 15 is 0 Å². The number of fused-ring (bicyclic) bond motifs is 1. The first-order valence-corrected chi connectivity index (χ1v) is 10.4. The number of hydrogen-bond donors (Lipinski definition) is 1. The molecule has 0 fully saturated rings. The molecule has 0 aliphatic carbocycles. The van der Waals surface area contributed by atoms with E-state index in [1.54, 1.807) is 31.2 Å². The number of nitrogens with zero attached hydrogens (tertiary/aromatic N) is 2. The molecule has 0 saturated carbocycles. The average molecular weight is 479 g/mol. The van der Waals surface area contributed by atoms with Gasteiger partial charge in [-0.05, 0) is 43.7 Å². The second-order valence-electron chi connectivity index (χ2n) is 7.25. The summed E-state index contributed by atoms with van der Waals surface area (Å²) in [5.41, 5.74) is 1.13. The molecule has 0 aliphatic heterocycles. The van der Waals surface area contributed by atoms with Crippen LogP contribution in [0.2, 0.25) is 0 Å². The highest BCUT2D eigenvalue weighted by Crippen LogP contribution is 2.36. The minimum atomic E-state index is -4.63. The number of carbonyl (C=O) groups is 2. The molecule has 2 heterocycles. The van der Waals surface area contributed by atoms with Crippen molar-refractivity contribution >= 4 is 28.6 Å². The van der Waals surface area contributed by atoms with E-state index in [9.17, 15) is 22.8 Å². The number of carbonyl (C=O) groups excluding carboxylic acids is 2. The Kier molecular flexibility index (Phi) is 7.33. The molecule has 1 amide bonds. The molecule has 8 nitrogen and oxygen atoms in total. The standard InChI is InChI=1S/C23H24F3N3O5/c1-5-16-17(28-21(30)13-7-9-14(32-4)10-8-13)11-15-19(34-12-23(24,25)26)18(22(31)33-6-2)29(3)20(15)27-16/h7-11H,5-6,12H2,1-4H3,(H,28,30). The van der Waals surface area contributed by atoms with Crippen LogP contribution < -0.4 is 14.8 Å². The Labute approximate surface area is 193 Å². The van der Waals surface area contributed by atoms with E-state index in [4.69, 9.17) is 14.2 Å². The predicted molar refractivity (Wildman–Crippen MR) is 119 cm³/mol. The summed E-state index contributed by atoms with van der Waals surface area (Å²) >= 11 is 0. The van der Waals surface area contributed by atoms with Crippen molar-refractivity contribution in [3.05, 3.63) is 47.3 Å². The summed E-state index contributed by atoms with van der Waals surface area (Å²) in [6.45, 7) is 1.81. The zero-order chi connectivity index (χ0) is 25.0. The summed E-state index contributed by atoms with van der Waals surface area (Å²) in [5, 5.41) is 2.88. The van der Waals surface area contributed by atoms with Crippen LogP contribution in [-0.4, -0.2) is 47.9 Å². The Balaban J connectivity index is 2.10. The van der Waals surface area contributed by atoms with Crippen LogP contribution in [0.25, 0.3) is 11.0 Å². The van der Waals surface area contributed by atoms with Gasteiger partial charge in [0.25, 0.3) is 5.91 Å². The molecule has 1 aromatic carbocycles. The lowest BCUT2D eigenvalue weighted by Gasteiger charge is -2.12. The summed E-state index contributed by atoms with van der Waals surface area (Å²) in [7, 11) is 2.99. The van der Waals surface area contributed by atoms with Crippen molar-refractivity contribution in [2.75, 3.05) is 25.6 Å². The minimum absolute atomic E-state index is 0.0237. The molecule has 3 aromatic rings. The van der Waals surface area contributed by atoms with Gasteiger partial charge in [0.1, 0.15) is 11.4 Å². The zero-order valence-electron chi connectivity index (χ0n) is 19.1. The van der Waals surface area contributed by atoms with Crippen LogP contribution in [0.15, 0.2) is 30.3 Å². The van der Waals surface area contributed by atoms with Gasteiger partial charge >= 0.3 is 12.1 Å². The van der Waals surface area contributed by atoms with Crippen LogP contribution in [0.5, 0.6) is 11.5 Å². The van der Waals surface area contributed by atoms with Gasteiger partial charge in [0.05, 0.1) is 30.5 Å². The van der Waals surface area contributed by atoms with Crippen molar-refractivity contribution in [3.63, 3.8) is 0 Å². The van der Waals surface area contributed by atoms with E-state index in [1.165, 1.54) is 24.8 Å². The molecular formula is C23H24F3N3O5. The van der Waals surface area contributed by atoms with Crippen molar-refractivity contribution in [1.82, 2.24) is 9.55 Å². The second-order valence-corrected chi connectivity index (χ2v) is 7.25. The maximum absolute atomic E-state index is 12.9. The number of nitrogens with one attached hydrogen (secondary N) is 1. The van der Waals surface area contributed by atoms with Crippen LogP contribution >= 0.6 is 0 Å². The van der Waals surface area contributed by atoms with Crippen molar-refractivity contribution in [3.8, 4) is 11.5 Å². The lowest BCUT2D eigenvalue weighted by atomic mass is 10.1. The summed E-state index contributed by atoms with van der Waals surface area (Å²) in [6.07, 6.45) is -4.22. The quantitative estimate of drug-likeness (QED) is 0.478. The van der Waals surface area contributed by atoms with Gasteiger partial charge < -0.3 is 24.1 Å². The number of alkyl halides is 3. The Morgan fingerprint density at radius 1 is 1.15 bits per heavy atom. The fraction of sp³-hybridized carbons (Fsp3) is 0.348. The van der Waals surface area contributed by atoms with Gasteiger partial charge in [0, 0.05) is 12.6 Å². The maximum atomic E-state index is 12.9. The molecule has 3 rings (SSSR count). The van der Waals surface area contributed by atoms with Gasteiger partial charge in [-0.15, -0.1) is 0 Å².